The number of benzene rings is 1. The molecule has 0 aliphatic heterocycles. The second-order valence-corrected chi connectivity index (χ2v) is 4.35. The number of carbonyl (C=O) groups is 1. The molecule has 2 heteroatoms. The highest BCUT2D eigenvalue weighted by molar-refractivity contribution is 5.83. The van der Waals surface area contributed by atoms with E-state index >= 15 is 0 Å². The summed E-state index contributed by atoms with van der Waals surface area (Å²) in [7, 11) is 1.60. The molecule has 0 N–H and O–H groups in total. The second-order valence-electron chi connectivity index (χ2n) is 4.35. The molecule has 0 bridgehead atoms. The van der Waals surface area contributed by atoms with E-state index in [1.165, 1.54) is 5.56 Å². The predicted molar refractivity (Wildman–Crippen MR) is 65.4 cm³/mol. The molecule has 0 aliphatic carbocycles. The van der Waals surface area contributed by atoms with Crippen molar-refractivity contribution in [1.82, 2.24) is 0 Å². The summed E-state index contributed by atoms with van der Waals surface area (Å²) < 4.78 is 5.21. The van der Waals surface area contributed by atoms with E-state index in [1.807, 2.05) is 44.2 Å². The van der Waals surface area contributed by atoms with Gasteiger partial charge >= 0.3 is 0 Å². The normalized spacial score (nSPS) is 12.8. The predicted octanol–water partition coefficient (Wildman–Crippen LogP) is 2.86. The Morgan fingerprint density at radius 2 is 1.88 bits per heavy atom. The fourth-order valence-corrected chi connectivity index (χ4v) is 1.83. The van der Waals surface area contributed by atoms with Crippen molar-refractivity contribution in [1.29, 1.82) is 0 Å². The van der Waals surface area contributed by atoms with Crippen LogP contribution in [0.2, 0.25) is 0 Å². The fraction of sp³-hybridized carbons (Fsp3) is 0.500. The van der Waals surface area contributed by atoms with Crippen molar-refractivity contribution in [2.75, 3.05) is 7.11 Å². The monoisotopic (exact) mass is 220 g/mol. The molecule has 0 radical (unpaired) electrons. The van der Waals surface area contributed by atoms with Gasteiger partial charge in [0.15, 0.2) is 5.78 Å². The van der Waals surface area contributed by atoms with Gasteiger partial charge in [0.2, 0.25) is 0 Å². The van der Waals surface area contributed by atoms with Crippen LogP contribution in [0, 0.1) is 5.92 Å². The maximum absolute atomic E-state index is 11.9. The molecule has 0 aromatic heterocycles. The number of hydrogen-bond acceptors (Lipinski definition) is 2. The molecule has 16 heavy (non-hydrogen) atoms. The van der Waals surface area contributed by atoms with Crippen molar-refractivity contribution in [3.8, 4) is 0 Å². The zero-order chi connectivity index (χ0) is 12.0. The molecule has 1 atom stereocenters. The van der Waals surface area contributed by atoms with Crippen molar-refractivity contribution in [2.24, 2.45) is 5.92 Å². The standard InChI is InChI=1S/C14H20O2/c1-11(2)14(16-3)13(15)10-9-12-7-5-4-6-8-12/h4-8,11,14H,9-10H2,1-3H3. The third-order valence-electron chi connectivity index (χ3n) is 2.68. The Labute approximate surface area is 97.6 Å². The molecule has 88 valence electrons. The Hall–Kier alpha value is -1.15. The number of carbonyl (C=O) groups excluding carboxylic acids is 1. The minimum Gasteiger partial charge on any atom is -0.373 e. The average Bonchev–Trinajstić information content (AvgIpc) is 2.28. The summed E-state index contributed by atoms with van der Waals surface area (Å²) in [5.41, 5.74) is 1.20. The first-order valence-corrected chi connectivity index (χ1v) is 5.74. The van der Waals surface area contributed by atoms with Crippen LogP contribution in [-0.2, 0) is 16.0 Å². The third kappa shape index (κ3) is 3.78. The SMILES string of the molecule is COC(C(=O)CCc1ccccc1)C(C)C. The lowest BCUT2D eigenvalue weighted by Crippen LogP contribution is -2.28. The Bertz CT molecular complexity index is 317. The van der Waals surface area contributed by atoms with Crippen LogP contribution in [0.25, 0.3) is 0 Å². The van der Waals surface area contributed by atoms with Gasteiger partial charge in [-0.25, -0.2) is 0 Å². The molecule has 0 aliphatic rings. The third-order valence-corrected chi connectivity index (χ3v) is 2.68. The van der Waals surface area contributed by atoms with Gasteiger partial charge < -0.3 is 4.74 Å². The Morgan fingerprint density at radius 3 is 2.38 bits per heavy atom. The summed E-state index contributed by atoms with van der Waals surface area (Å²) in [6.07, 6.45) is 1.09. The first-order chi connectivity index (χ1) is 7.65. The van der Waals surface area contributed by atoms with Gasteiger partial charge in [0.25, 0.3) is 0 Å². The van der Waals surface area contributed by atoms with E-state index in [1.54, 1.807) is 7.11 Å². The van der Waals surface area contributed by atoms with Crippen LogP contribution >= 0.6 is 0 Å². The molecule has 0 heterocycles. The molecule has 0 amide bonds. The summed E-state index contributed by atoms with van der Waals surface area (Å²) in [5, 5.41) is 0. The smallest absolute Gasteiger partial charge is 0.162 e. The molecular formula is C14H20O2. The van der Waals surface area contributed by atoms with Gasteiger partial charge in [-0.15, -0.1) is 0 Å². The first kappa shape index (κ1) is 12.9. The van der Waals surface area contributed by atoms with Gasteiger partial charge in [0.1, 0.15) is 6.10 Å². The number of ketones is 1. The molecule has 2 nitrogen and oxygen atoms in total. The van der Waals surface area contributed by atoms with Crippen LogP contribution in [0.4, 0.5) is 0 Å². The van der Waals surface area contributed by atoms with E-state index in [2.05, 4.69) is 0 Å². The summed E-state index contributed by atoms with van der Waals surface area (Å²) in [6.45, 7) is 4.02. The zero-order valence-electron chi connectivity index (χ0n) is 10.3. The fourth-order valence-electron chi connectivity index (χ4n) is 1.83. The molecule has 0 spiro atoms. The highest BCUT2D eigenvalue weighted by Gasteiger charge is 2.20. The van der Waals surface area contributed by atoms with Crippen LogP contribution in [0.15, 0.2) is 30.3 Å². The number of ether oxygens (including phenoxy) is 1. The molecule has 0 fully saturated rings. The van der Waals surface area contributed by atoms with Crippen molar-refractivity contribution in [2.45, 2.75) is 32.8 Å². The topological polar surface area (TPSA) is 26.3 Å². The number of hydrogen-bond donors (Lipinski definition) is 0. The quantitative estimate of drug-likeness (QED) is 0.737. The molecule has 0 saturated heterocycles. The average molecular weight is 220 g/mol. The van der Waals surface area contributed by atoms with Crippen LogP contribution in [0.1, 0.15) is 25.8 Å². The zero-order valence-corrected chi connectivity index (χ0v) is 10.3. The van der Waals surface area contributed by atoms with E-state index in [0.29, 0.717) is 6.42 Å². The van der Waals surface area contributed by atoms with Crippen LogP contribution < -0.4 is 0 Å². The van der Waals surface area contributed by atoms with E-state index < -0.39 is 0 Å². The van der Waals surface area contributed by atoms with Gasteiger partial charge in [-0.3, -0.25) is 4.79 Å². The number of Topliss-reactive ketones (excluding diaryl/α,β-unsaturated/α-hetero) is 1. The largest absolute Gasteiger partial charge is 0.373 e. The number of aryl methyl sites for hydroxylation is 1. The van der Waals surface area contributed by atoms with Crippen molar-refractivity contribution >= 4 is 5.78 Å². The van der Waals surface area contributed by atoms with Crippen LogP contribution in [0.5, 0.6) is 0 Å². The lowest BCUT2D eigenvalue weighted by atomic mass is 9.98. The van der Waals surface area contributed by atoms with Crippen LogP contribution in [0.3, 0.4) is 0 Å². The first-order valence-electron chi connectivity index (χ1n) is 5.74. The maximum Gasteiger partial charge on any atom is 0.162 e. The molecule has 1 aromatic rings. The summed E-state index contributed by atoms with van der Waals surface area (Å²) in [6, 6.07) is 10.1. The Kier molecular flexibility index (Phi) is 5.20. The van der Waals surface area contributed by atoms with Crippen molar-refractivity contribution in [3.05, 3.63) is 35.9 Å². The minimum atomic E-state index is -0.260. The minimum absolute atomic E-state index is 0.196. The van der Waals surface area contributed by atoms with E-state index in [9.17, 15) is 4.79 Å². The molecule has 0 saturated carbocycles. The van der Waals surface area contributed by atoms with Gasteiger partial charge in [-0.2, -0.15) is 0 Å². The maximum atomic E-state index is 11.9. The van der Waals surface area contributed by atoms with Crippen molar-refractivity contribution in [3.63, 3.8) is 0 Å². The highest BCUT2D eigenvalue weighted by Crippen LogP contribution is 2.11. The molecule has 1 unspecified atom stereocenters. The van der Waals surface area contributed by atoms with Gasteiger partial charge in [-0.1, -0.05) is 44.2 Å². The van der Waals surface area contributed by atoms with E-state index in [-0.39, 0.29) is 17.8 Å². The lowest BCUT2D eigenvalue weighted by Gasteiger charge is -2.17. The molecule has 1 rings (SSSR count). The summed E-state index contributed by atoms with van der Waals surface area (Å²) >= 11 is 0. The number of rotatable bonds is 6. The van der Waals surface area contributed by atoms with Crippen molar-refractivity contribution < 1.29 is 9.53 Å². The van der Waals surface area contributed by atoms with Gasteiger partial charge in [0, 0.05) is 13.5 Å². The number of methoxy groups -OCH3 is 1. The lowest BCUT2D eigenvalue weighted by molar-refractivity contribution is -0.131. The van der Waals surface area contributed by atoms with E-state index in [4.69, 9.17) is 4.74 Å². The molecular weight excluding hydrogens is 200 g/mol. The van der Waals surface area contributed by atoms with Crippen LogP contribution in [-0.4, -0.2) is 19.0 Å². The highest BCUT2D eigenvalue weighted by atomic mass is 16.5. The summed E-state index contributed by atoms with van der Waals surface area (Å²) in [5.74, 6) is 0.439. The Morgan fingerprint density at radius 1 is 1.25 bits per heavy atom. The second kappa shape index (κ2) is 6.44. The van der Waals surface area contributed by atoms with Gasteiger partial charge in [0.05, 0.1) is 0 Å². The molecule has 1 aromatic carbocycles. The Balaban J connectivity index is 2.46. The van der Waals surface area contributed by atoms with E-state index in [0.717, 1.165) is 6.42 Å². The summed E-state index contributed by atoms with van der Waals surface area (Å²) in [4.78, 5) is 11.9. The van der Waals surface area contributed by atoms with Gasteiger partial charge in [-0.05, 0) is 17.9 Å².